The molecule has 1 heteroatoms. The lowest BCUT2D eigenvalue weighted by molar-refractivity contribution is 0.588. The molecule has 0 bridgehead atoms. The van der Waals surface area contributed by atoms with Crippen LogP contribution in [0.15, 0.2) is 54.7 Å². The smallest absolute Gasteiger partial charge is 0.0473 e. The number of nitrogens with zero attached hydrogens (tertiary/aromatic N) is 1. The zero-order chi connectivity index (χ0) is 16.4. The van der Waals surface area contributed by atoms with Crippen LogP contribution in [-0.4, -0.2) is 4.57 Å². The Morgan fingerprint density at radius 3 is 2.35 bits per heavy atom. The molecular weight excluding hydrogens is 278 g/mol. The maximum Gasteiger partial charge on any atom is 0.0473 e. The van der Waals surface area contributed by atoms with Gasteiger partial charge in [0.05, 0.1) is 0 Å². The van der Waals surface area contributed by atoms with Crippen molar-refractivity contribution >= 4 is 10.8 Å². The van der Waals surface area contributed by atoms with Gasteiger partial charge in [0.1, 0.15) is 0 Å². The predicted molar refractivity (Wildman–Crippen MR) is 100 cm³/mol. The average Bonchev–Trinajstić information content (AvgIpc) is 2.91. The highest BCUT2D eigenvalue weighted by molar-refractivity contribution is 5.82. The van der Waals surface area contributed by atoms with E-state index in [4.69, 9.17) is 0 Å². The third-order valence-electron chi connectivity index (χ3n) is 4.52. The summed E-state index contributed by atoms with van der Waals surface area (Å²) in [6, 6.07) is 17.8. The Morgan fingerprint density at radius 2 is 1.65 bits per heavy atom. The molecule has 0 spiro atoms. The molecule has 0 saturated carbocycles. The zero-order valence-corrected chi connectivity index (χ0v) is 14.8. The van der Waals surface area contributed by atoms with Gasteiger partial charge in [-0.25, -0.2) is 0 Å². The van der Waals surface area contributed by atoms with Crippen molar-refractivity contribution in [2.45, 2.75) is 52.5 Å². The minimum absolute atomic E-state index is 0.205. The van der Waals surface area contributed by atoms with E-state index in [2.05, 4.69) is 87.0 Å². The summed E-state index contributed by atoms with van der Waals surface area (Å²) in [5.74, 6) is 0. The van der Waals surface area contributed by atoms with Crippen LogP contribution >= 0.6 is 0 Å². The Kier molecular flexibility index (Phi) is 4.30. The molecule has 0 amide bonds. The molecule has 0 aliphatic carbocycles. The molecule has 1 heterocycles. The normalized spacial score (nSPS) is 12.0. The van der Waals surface area contributed by atoms with E-state index in [0.29, 0.717) is 0 Å². The van der Waals surface area contributed by atoms with Crippen molar-refractivity contribution in [3.05, 3.63) is 71.5 Å². The summed E-state index contributed by atoms with van der Waals surface area (Å²) in [4.78, 5) is 0. The van der Waals surface area contributed by atoms with Gasteiger partial charge in [0.25, 0.3) is 0 Å². The molecule has 1 nitrogen and oxygen atoms in total. The maximum absolute atomic E-state index is 2.44. The van der Waals surface area contributed by atoms with Crippen molar-refractivity contribution in [3.63, 3.8) is 0 Å². The van der Waals surface area contributed by atoms with Gasteiger partial charge in [-0.15, -0.1) is 0 Å². The van der Waals surface area contributed by atoms with Crippen molar-refractivity contribution in [2.24, 2.45) is 0 Å². The molecule has 1 aromatic heterocycles. The van der Waals surface area contributed by atoms with E-state index in [-0.39, 0.29) is 5.41 Å². The molecule has 0 radical (unpaired) electrons. The predicted octanol–water partition coefficient (Wildman–Crippen LogP) is 5.94. The zero-order valence-electron chi connectivity index (χ0n) is 14.8. The number of aromatic nitrogens is 1. The topological polar surface area (TPSA) is 4.93 Å². The monoisotopic (exact) mass is 305 g/mol. The van der Waals surface area contributed by atoms with E-state index in [0.717, 1.165) is 13.0 Å². The molecule has 2 aromatic carbocycles. The second-order valence-electron chi connectivity index (χ2n) is 7.53. The second-order valence-corrected chi connectivity index (χ2v) is 7.53. The van der Waals surface area contributed by atoms with Crippen LogP contribution in [-0.2, 0) is 18.4 Å². The third-order valence-corrected chi connectivity index (χ3v) is 4.52. The molecule has 0 aliphatic rings. The molecule has 23 heavy (non-hydrogen) atoms. The Morgan fingerprint density at radius 1 is 0.913 bits per heavy atom. The Hall–Kier alpha value is -2.02. The number of hydrogen-bond acceptors (Lipinski definition) is 0. The number of benzene rings is 2. The first-order valence-electron chi connectivity index (χ1n) is 8.64. The highest BCUT2D eigenvalue weighted by Crippen LogP contribution is 2.26. The standard InChI is InChI=1S/C22H27N/c1-5-8-21-14-20(22(2,3)4)16-23(21)15-17-11-12-18-9-6-7-10-19(18)13-17/h6-7,9-14,16H,5,8,15H2,1-4H3. The summed E-state index contributed by atoms with van der Waals surface area (Å²) in [7, 11) is 0. The van der Waals surface area contributed by atoms with Crippen LogP contribution in [0.25, 0.3) is 10.8 Å². The van der Waals surface area contributed by atoms with Crippen LogP contribution < -0.4 is 0 Å². The SMILES string of the molecule is CCCc1cc(C(C)(C)C)cn1Cc1ccc2ccccc2c1. The quantitative estimate of drug-likeness (QED) is 0.562. The number of rotatable bonds is 4. The molecule has 120 valence electrons. The molecule has 0 atom stereocenters. The van der Waals surface area contributed by atoms with Crippen molar-refractivity contribution in [1.82, 2.24) is 4.57 Å². The van der Waals surface area contributed by atoms with Crippen molar-refractivity contribution < 1.29 is 0 Å². The molecular formula is C22H27N. The highest BCUT2D eigenvalue weighted by Gasteiger charge is 2.17. The van der Waals surface area contributed by atoms with E-state index >= 15 is 0 Å². The molecule has 0 N–H and O–H groups in total. The maximum atomic E-state index is 2.44. The number of hydrogen-bond donors (Lipinski definition) is 0. The number of aryl methyl sites for hydroxylation is 1. The fraction of sp³-hybridized carbons (Fsp3) is 0.364. The first-order chi connectivity index (χ1) is 11.0. The first-order valence-corrected chi connectivity index (χ1v) is 8.64. The van der Waals surface area contributed by atoms with Crippen LogP contribution in [0, 0.1) is 0 Å². The first kappa shape index (κ1) is 15.9. The number of fused-ring (bicyclic) bond motifs is 1. The van der Waals surface area contributed by atoms with Gasteiger partial charge in [0.2, 0.25) is 0 Å². The van der Waals surface area contributed by atoms with E-state index in [1.165, 1.54) is 34.0 Å². The molecule has 0 fully saturated rings. The molecule has 0 unspecified atom stereocenters. The van der Waals surface area contributed by atoms with Crippen LogP contribution in [0.2, 0.25) is 0 Å². The van der Waals surface area contributed by atoms with Crippen LogP contribution in [0.1, 0.15) is 50.9 Å². The van der Waals surface area contributed by atoms with E-state index in [9.17, 15) is 0 Å². The molecule has 0 saturated heterocycles. The van der Waals surface area contributed by atoms with Gasteiger partial charge >= 0.3 is 0 Å². The minimum atomic E-state index is 0.205. The summed E-state index contributed by atoms with van der Waals surface area (Å²) in [5, 5.41) is 2.64. The lowest BCUT2D eigenvalue weighted by atomic mass is 9.89. The summed E-state index contributed by atoms with van der Waals surface area (Å²) >= 11 is 0. The summed E-state index contributed by atoms with van der Waals surface area (Å²) < 4.78 is 2.44. The van der Waals surface area contributed by atoms with Crippen LogP contribution in [0.4, 0.5) is 0 Å². The fourth-order valence-corrected chi connectivity index (χ4v) is 3.11. The lowest BCUT2D eigenvalue weighted by Gasteiger charge is -2.16. The Labute approximate surface area is 140 Å². The van der Waals surface area contributed by atoms with E-state index < -0.39 is 0 Å². The fourth-order valence-electron chi connectivity index (χ4n) is 3.11. The van der Waals surface area contributed by atoms with Crippen LogP contribution in [0.5, 0.6) is 0 Å². The minimum Gasteiger partial charge on any atom is -0.347 e. The van der Waals surface area contributed by atoms with Gasteiger partial charge in [-0.05, 0) is 45.9 Å². The van der Waals surface area contributed by atoms with Gasteiger partial charge in [0.15, 0.2) is 0 Å². The van der Waals surface area contributed by atoms with Crippen molar-refractivity contribution in [2.75, 3.05) is 0 Å². The van der Waals surface area contributed by atoms with Gasteiger partial charge in [-0.3, -0.25) is 0 Å². The Balaban J connectivity index is 1.95. The van der Waals surface area contributed by atoms with Gasteiger partial charge in [0, 0.05) is 18.4 Å². The van der Waals surface area contributed by atoms with Gasteiger partial charge in [-0.1, -0.05) is 70.5 Å². The molecule has 3 rings (SSSR count). The van der Waals surface area contributed by atoms with Gasteiger partial charge < -0.3 is 4.57 Å². The summed E-state index contributed by atoms with van der Waals surface area (Å²) in [6.07, 6.45) is 4.68. The lowest BCUT2D eigenvalue weighted by Crippen LogP contribution is -2.09. The van der Waals surface area contributed by atoms with Crippen molar-refractivity contribution in [3.8, 4) is 0 Å². The second kappa shape index (κ2) is 6.23. The van der Waals surface area contributed by atoms with Gasteiger partial charge in [-0.2, -0.15) is 0 Å². The van der Waals surface area contributed by atoms with E-state index in [1.807, 2.05) is 0 Å². The third kappa shape index (κ3) is 3.50. The van der Waals surface area contributed by atoms with Crippen molar-refractivity contribution in [1.29, 1.82) is 0 Å². The summed E-state index contributed by atoms with van der Waals surface area (Å²) in [5.41, 5.74) is 4.46. The molecule has 3 aromatic rings. The van der Waals surface area contributed by atoms with Crippen LogP contribution in [0.3, 0.4) is 0 Å². The highest BCUT2D eigenvalue weighted by atomic mass is 15.0. The summed E-state index contributed by atoms with van der Waals surface area (Å²) in [6.45, 7) is 10.1. The van der Waals surface area contributed by atoms with E-state index in [1.54, 1.807) is 0 Å². The largest absolute Gasteiger partial charge is 0.347 e. The average molecular weight is 305 g/mol. The Bertz CT molecular complexity index is 802. The molecule has 0 aliphatic heterocycles.